The van der Waals surface area contributed by atoms with E-state index in [4.69, 9.17) is 5.26 Å². The summed E-state index contributed by atoms with van der Waals surface area (Å²) < 4.78 is 27.7. The van der Waals surface area contributed by atoms with Gasteiger partial charge >= 0.3 is 0 Å². The fourth-order valence-corrected chi connectivity index (χ4v) is 4.68. The van der Waals surface area contributed by atoms with Gasteiger partial charge in [0, 0.05) is 24.2 Å². The molecule has 0 radical (unpaired) electrons. The molecule has 2 N–H and O–H groups in total. The minimum atomic E-state index is -3.93. The third kappa shape index (κ3) is 3.51. The number of benzene rings is 2. The Balaban J connectivity index is 1.56. The summed E-state index contributed by atoms with van der Waals surface area (Å²) >= 11 is 0. The normalized spacial score (nSPS) is 18.6. The number of imide groups is 1. The first-order valence-electron chi connectivity index (χ1n) is 9.09. The number of anilines is 1. The molecule has 1 unspecified atom stereocenters. The number of carbonyl (C=O) groups excluding carboxylic acids is 3. The van der Waals surface area contributed by atoms with Gasteiger partial charge in [0.05, 0.1) is 16.5 Å². The van der Waals surface area contributed by atoms with Crippen LogP contribution in [0.4, 0.5) is 5.69 Å². The minimum Gasteiger partial charge on any atom is -0.322 e. The molecule has 0 aliphatic carbocycles. The molecule has 0 spiro atoms. The second kappa shape index (κ2) is 7.27. The zero-order valence-corrected chi connectivity index (χ0v) is 16.4. The minimum absolute atomic E-state index is 0.0525. The second-order valence-electron chi connectivity index (χ2n) is 7.02. The van der Waals surface area contributed by atoms with Gasteiger partial charge in [0.2, 0.25) is 11.8 Å². The lowest BCUT2D eigenvalue weighted by molar-refractivity contribution is -0.136. The van der Waals surface area contributed by atoms with Gasteiger partial charge in [-0.1, -0.05) is 6.07 Å². The first kappa shape index (κ1) is 19.6. The van der Waals surface area contributed by atoms with E-state index in [2.05, 4.69) is 10.0 Å². The zero-order chi connectivity index (χ0) is 21.5. The molecular formula is C20H16N4O5S. The lowest BCUT2D eigenvalue weighted by Crippen LogP contribution is -2.52. The molecule has 0 saturated carbocycles. The topological polar surface area (TPSA) is 136 Å². The summed E-state index contributed by atoms with van der Waals surface area (Å²) in [4.78, 5) is 37.5. The molecule has 2 aliphatic rings. The standard InChI is InChI=1S/C20H16N4O5S/c21-10-12-2-1-3-15(8-12)30(28,29)23-14-4-5-16-13(9-14)11-24(20(16)27)17-6-7-18(25)22-19(17)26/h1-5,8-9,17,23H,6-7,11H2,(H,22,25,26). The summed E-state index contributed by atoms with van der Waals surface area (Å²) in [6.07, 6.45) is 0.405. The Morgan fingerprint density at radius 3 is 2.67 bits per heavy atom. The number of piperidine rings is 1. The number of carbonyl (C=O) groups is 3. The molecule has 1 saturated heterocycles. The van der Waals surface area contributed by atoms with Crippen LogP contribution in [0.15, 0.2) is 47.4 Å². The fraction of sp³-hybridized carbons (Fsp3) is 0.200. The summed E-state index contributed by atoms with van der Waals surface area (Å²) in [5.74, 6) is -1.21. The van der Waals surface area contributed by atoms with Gasteiger partial charge in [-0.2, -0.15) is 5.26 Å². The Hall–Kier alpha value is -3.71. The maximum Gasteiger partial charge on any atom is 0.261 e. The predicted octanol–water partition coefficient (Wildman–Crippen LogP) is 1.12. The van der Waals surface area contributed by atoms with Crippen LogP contribution in [0.3, 0.4) is 0 Å². The van der Waals surface area contributed by atoms with Crippen LogP contribution in [-0.2, 0) is 26.2 Å². The summed E-state index contributed by atoms with van der Waals surface area (Å²) in [6, 6.07) is 11.3. The van der Waals surface area contributed by atoms with Crippen molar-refractivity contribution in [3.05, 3.63) is 59.2 Å². The number of fused-ring (bicyclic) bond motifs is 1. The Labute approximate surface area is 172 Å². The van der Waals surface area contributed by atoms with E-state index in [-0.39, 0.29) is 47.3 Å². The second-order valence-corrected chi connectivity index (χ2v) is 8.70. The van der Waals surface area contributed by atoms with Crippen LogP contribution < -0.4 is 10.0 Å². The Morgan fingerprint density at radius 1 is 1.13 bits per heavy atom. The van der Waals surface area contributed by atoms with E-state index in [1.807, 2.05) is 6.07 Å². The van der Waals surface area contributed by atoms with Gasteiger partial charge in [-0.3, -0.25) is 24.4 Å². The molecule has 10 heteroatoms. The first-order chi connectivity index (χ1) is 14.3. The van der Waals surface area contributed by atoms with Crippen LogP contribution in [0.25, 0.3) is 0 Å². The number of nitriles is 1. The highest BCUT2D eigenvalue weighted by Gasteiger charge is 2.39. The summed E-state index contributed by atoms with van der Waals surface area (Å²) in [5, 5.41) is 11.2. The highest BCUT2D eigenvalue weighted by Crippen LogP contribution is 2.30. The van der Waals surface area contributed by atoms with E-state index in [1.54, 1.807) is 6.07 Å². The summed E-state index contributed by atoms with van der Waals surface area (Å²) in [6.45, 7) is 0.139. The molecule has 4 rings (SSSR count). The predicted molar refractivity (Wildman–Crippen MR) is 104 cm³/mol. The first-order valence-corrected chi connectivity index (χ1v) is 10.6. The van der Waals surface area contributed by atoms with Crippen LogP contribution in [0.5, 0.6) is 0 Å². The Morgan fingerprint density at radius 2 is 1.93 bits per heavy atom. The van der Waals surface area contributed by atoms with Gasteiger partial charge in [-0.15, -0.1) is 0 Å². The highest BCUT2D eigenvalue weighted by molar-refractivity contribution is 7.92. The smallest absolute Gasteiger partial charge is 0.261 e. The lowest BCUT2D eigenvalue weighted by Gasteiger charge is -2.29. The average Bonchev–Trinajstić information content (AvgIpc) is 3.03. The molecule has 3 amide bonds. The van der Waals surface area contributed by atoms with Crippen LogP contribution in [-0.4, -0.2) is 37.1 Å². The van der Waals surface area contributed by atoms with Gasteiger partial charge in [-0.05, 0) is 48.4 Å². The molecule has 2 aromatic rings. The quantitative estimate of drug-likeness (QED) is 0.706. The van der Waals surface area contributed by atoms with Crippen molar-refractivity contribution in [1.82, 2.24) is 10.2 Å². The van der Waals surface area contributed by atoms with Gasteiger partial charge in [-0.25, -0.2) is 8.42 Å². The number of rotatable bonds is 4. The maximum atomic E-state index is 12.7. The van der Waals surface area contributed by atoms with E-state index in [9.17, 15) is 22.8 Å². The van der Waals surface area contributed by atoms with Gasteiger partial charge in [0.25, 0.3) is 15.9 Å². The van der Waals surface area contributed by atoms with Gasteiger partial charge in [0.1, 0.15) is 6.04 Å². The van der Waals surface area contributed by atoms with E-state index >= 15 is 0 Å². The summed E-state index contributed by atoms with van der Waals surface area (Å²) in [5.41, 5.74) is 1.44. The molecule has 2 aliphatic heterocycles. The number of nitrogens with one attached hydrogen (secondary N) is 2. The molecule has 0 bridgehead atoms. The largest absolute Gasteiger partial charge is 0.322 e. The van der Waals surface area contributed by atoms with Crippen molar-refractivity contribution in [3.8, 4) is 6.07 Å². The van der Waals surface area contributed by atoms with Gasteiger partial charge in [0.15, 0.2) is 0 Å². The monoisotopic (exact) mass is 424 g/mol. The SMILES string of the molecule is N#Cc1cccc(S(=O)(=O)Nc2ccc3c(c2)CN(C2CCC(=O)NC2=O)C3=O)c1. The van der Waals surface area contributed by atoms with Crippen molar-refractivity contribution in [2.45, 2.75) is 30.3 Å². The summed E-state index contributed by atoms with van der Waals surface area (Å²) in [7, 11) is -3.93. The molecular weight excluding hydrogens is 408 g/mol. The third-order valence-corrected chi connectivity index (χ3v) is 6.43. The highest BCUT2D eigenvalue weighted by atomic mass is 32.2. The number of amides is 3. The molecule has 2 aromatic carbocycles. The fourth-order valence-electron chi connectivity index (χ4n) is 3.58. The third-order valence-electron chi connectivity index (χ3n) is 5.05. The maximum absolute atomic E-state index is 12.7. The molecule has 9 nitrogen and oxygen atoms in total. The van der Waals surface area contributed by atoms with Crippen LogP contribution in [0.2, 0.25) is 0 Å². The number of hydrogen-bond acceptors (Lipinski definition) is 6. The molecule has 1 fully saturated rings. The number of hydrogen-bond donors (Lipinski definition) is 2. The van der Waals surface area contributed by atoms with Crippen molar-refractivity contribution in [2.75, 3.05) is 4.72 Å². The number of sulfonamides is 1. The van der Waals surface area contributed by atoms with E-state index in [1.165, 1.54) is 41.3 Å². The van der Waals surface area contributed by atoms with Crippen molar-refractivity contribution < 1.29 is 22.8 Å². The molecule has 0 aromatic heterocycles. The van der Waals surface area contributed by atoms with Crippen LogP contribution >= 0.6 is 0 Å². The lowest BCUT2D eigenvalue weighted by atomic mass is 10.0. The van der Waals surface area contributed by atoms with Crippen molar-refractivity contribution in [2.24, 2.45) is 0 Å². The molecule has 30 heavy (non-hydrogen) atoms. The Bertz CT molecular complexity index is 1230. The van der Waals surface area contributed by atoms with E-state index in [0.29, 0.717) is 11.1 Å². The molecule has 1 atom stereocenters. The Kier molecular flexibility index (Phi) is 4.75. The molecule has 152 valence electrons. The van der Waals surface area contributed by atoms with Gasteiger partial charge < -0.3 is 4.90 Å². The van der Waals surface area contributed by atoms with E-state index in [0.717, 1.165) is 0 Å². The van der Waals surface area contributed by atoms with E-state index < -0.39 is 22.0 Å². The van der Waals surface area contributed by atoms with Crippen molar-refractivity contribution in [1.29, 1.82) is 5.26 Å². The van der Waals surface area contributed by atoms with Crippen molar-refractivity contribution in [3.63, 3.8) is 0 Å². The molecule has 2 heterocycles. The number of nitrogens with zero attached hydrogens (tertiary/aromatic N) is 2. The van der Waals surface area contributed by atoms with Crippen LogP contribution in [0.1, 0.15) is 34.3 Å². The average molecular weight is 424 g/mol. The zero-order valence-electron chi connectivity index (χ0n) is 15.6. The van der Waals surface area contributed by atoms with Crippen molar-refractivity contribution >= 4 is 33.4 Å². The van der Waals surface area contributed by atoms with Crippen LogP contribution in [0, 0.1) is 11.3 Å².